The van der Waals surface area contributed by atoms with Crippen molar-refractivity contribution in [3.63, 3.8) is 0 Å². The molecule has 1 N–H and O–H groups in total. The number of nitrogens with one attached hydrogen (secondary N) is 1. The molecule has 2 aromatic rings. The number of amides is 2. The fraction of sp³-hybridized carbons (Fsp3) is 0.333. The Morgan fingerprint density at radius 3 is 2.33 bits per heavy atom. The minimum atomic E-state index is -0.240. The number of benzene rings is 2. The first kappa shape index (κ1) is 20.3. The number of hydrogen-bond donors (Lipinski definition) is 1. The normalized spacial score (nSPS) is 10.2. The van der Waals surface area contributed by atoms with Gasteiger partial charge in [0.05, 0.1) is 12.8 Å². The average Bonchev–Trinajstić information content (AvgIpc) is 2.64. The Bertz CT molecular complexity index is 787. The van der Waals surface area contributed by atoms with E-state index in [1.165, 1.54) is 6.92 Å². The summed E-state index contributed by atoms with van der Waals surface area (Å²) in [7, 11) is 1.57. The summed E-state index contributed by atoms with van der Waals surface area (Å²) in [5.41, 5.74) is 2.84. The molecule has 144 valence electrons. The Kier molecular flexibility index (Phi) is 7.23. The molecule has 0 unspecified atom stereocenters. The van der Waals surface area contributed by atoms with Crippen LogP contribution in [0.4, 0.5) is 5.69 Å². The molecule has 0 atom stereocenters. The molecule has 0 aromatic heterocycles. The Balaban J connectivity index is 1.89. The van der Waals surface area contributed by atoms with Crippen LogP contribution in [0.2, 0.25) is 0 Å². The van der Waals surface area contributed by atoms with Gasteiger partial charge in [-0.25, -0.2) is 0 Å². The lowest BCUT2D eigenvalue weighted by Gasteiger charge is -2.24. The highest BCUT2D eigenvalue weighted by Crippen LogP contribution is 2.29. The quantitative estimate of drug-likeness (QED) is 0.776. The van der Waals surface area contributed by atoms with Crippen molar-refractivity contribution in [1.82, 2.24) is 5.32 Å². The van der Waals surface area contributed by atoms with Crippen LogP contribution in [0, 0.1) is 13.8 Å². The summed E-state index contributed by atoms with van der Waals surface area (Å²) in [6.45, 7) is 6.01. The first-order valence-electron chi connectivity index (χ1n) is 8.79. The van der Waals surface area contributed by atoms with Crippen LogP contribution in [-0.2, 0) is 9.59 Å². The maximum atomic E-state index is 12.1. The molecule has 0 saturated heterocycles. The fourth-order valence-electron chi connectivity index (χ4n) is 2.60. The third kappa shape index (κ3) is 6.02. The summed E-state index contributed by atoms with van der Waals surface area (Å²) in [6.07, 6.45) is 0. The van der Waals surface area contributed by atoms with Gasteiger partial charge in [0.25, 0.3) is 5.91 Å². The number of ether oxygens (including phenoxy) is 2. The molecule has 0 spiro atoms. The molecule has 0 radical (unpaired) electrons. The van der Waals surface area contributed by atoms with Gasteiger partial charge in [0.15, 0.2) is 6.61 Å². The van der Waals surface area contributed by atoms with E-state index < -0.39 is 0 Å². The van der Waals surface area contributed by atoms with Gasteiger partial charge in [-0.2, -0.15) is 0 Å². The van der Waals surface area contributed by atoms with Crippen molar-refractivity contribution in [1.29, 1.82) is 0 Å². The van der Waals surface area contributed by atoms with Crippen molar-refractivity contribution < 1.29 is 19.1 Å². The van der Waals surface area contributed by atoms with Gasteiger partial charge in [0.2, 0.25) is 5.91 Å². The Hall–Kier alpha value is -3.02. The number of anilines is 1. The van der Waals surface area contributed by atoms with E-state index in [2.05, 4.69) is 5.32 Å². The number of nitrogens with zero attached hydrogens (tertiary/aromatic N) is 1. The summed E-state index contributed by atoms with van der Waals surface area (Å²) in [6, 6.07) is 13.1. The number of carbonyl (C=O) groups is 2. The summed E-state index contributed by atoms with van der Waals surface area (Å²) in [5.74, 6) is 0.898. The smallest absolute Gasteiger partial charge is 0.258 e. The van der Waals surface area contributed by atoms with E-state index in [-0.39, 0.29) is 18.4 Å². The molecule has 6 nitrogen and oxygen atoms in total. The van der Waals surface area contributed by atoms with Crippen molar-refractivity contribution in [2.24, 2.45) is 0 Å². The van der Waals surface area contributed by atoms with Gasteiger partial charge in [-0.1, -0.05) is 23.8 Å². The molecule has 6 heteroatoms. The molecule has 0 aliphatic heterocycles. The number of rotatable bonds is 8. The van der Waals surface area contributed by atoms with Crippen LogP contribution in [0.3, 0.4) is 0 Å². The van der Waals surface area contributed by atoms with Crippen LogP contribution in [0.15, 0.2) is 42.5 Å². The van der Waals surface area contributed by atoms with E-state index in [1.54, 1.807) is 12.0 Å². The maximum Gasteiger partial charge on any atom is 0.258 e. The van der Waals surface area contributed by atoms with Crippen molar-refractivity contribution in [3.05, 3.63) is 53.6 Å². The molecular formula is C21H26N2O4. The lowest BCUT2D eigenvalue weighted by atomic mass is 10.2. The van der Waals surface area contributed by atoms with E-state index in [1.807, 2.05) is 56.3 Å². The Labute approximate surface area is 160 Å². The first-order chi connectivity index (χ1) is 12.9. The highest BCUT2D eigenvalue weighted by atomic mass is 16.5. The molecule has 27 heavy (non-hydrogen) atoms. The van der Waals surface area contributed by atoms with Crippen LogP contribution in [0.1, 0.15) is 18.1 Å². The highest BCUT2D eigenvalue weighted by Gasteiger charge is 2.16. The van der Waals surface area contributed by atoms with Crippen LogP contribution in [0.25, 0.3) is 0 Å². The SMILES string of the molecule is COc1ccc(C)cc1N(CCNC(=O)COc1ccc(C)cc1)C(C)=O. The molecule has 0 aliphatic carbocycles. The number of carbonyl (C=O) groups excluding carboxylic acids is 2. The predicted molar refractivity (Wildman–Crippen MR) is 105 cm³/mol. The van der Waals surface area contributed by atoms with Gasteiger partial charge in [-0.15, -0.1) is 0 Å². The Morgan fingerprint density at radius 1 is 1.04 bits per heavy atom. The van der Waals surface area contributed by atoms with Crippen molar-refractivity contribution >= 4 is 17.5 Å². The zero-order valence-corrected chi connectivity index (χ0v) is 16.2. The second-order valence-corrected chi connectivity index (χ2v) is 6.30. The zero-order valence-electron chi connectivity index (χ0n) is 16.2. The molecule has 2 amide bonds. The lowest BCUT2D eigenvalue weighted by molar-refractivity contribution is -0.123. The molecule has 0 aliphatic rings. The highest BCUT2D eigenvalue weighted by molar-refractivity contribution is 5.93. The number of methoxy groups -OCH3 is 1. The van der Waals surface area contributed by atoms with E-state index in [0.717, 1.165) is 11.1 Å². The number of aryl methyl sites for hydroxylation is 2. The van der Waals surface area contributed by atoms with Gasteiger partial charge >= 0.3 is 0 Å². The van der Waals surface area contributed by atoms with Crippen molar-refractivity contribution in [2.45, 2.75) is 20.8 Å². The van der Waals surface area contributed by atoms with Gasteiger partial charge in [0, 0.05) is 20.0 Å². The van der Waals surface area contributed by atoms with Crippen molar-refractivity contribution in [2.75, 3.05) is 31.7 Å². The third-order valence-electron chi connectivity index (χ3n) is 4.05. The van der Waals surface area contributed by atoms with Gasteiger partial charge in [0.1, 0.15) is 11.5 Å². The lowest BCUT2D eigenvalue weighted by Crippen LogP contribution is -2.39. The minimum Gasteiger partial charge on any atom is -0.495 e. The second-order valence-electron chi connectivity index (χ2n) is 6.30. The predicted octanol–water partition coefficient (Wildman–Crippen LogP) is 2.86. The topological polar surface area (TPSA) is 67.9 Å². The Morgan fingerprint density at radius 2 is 1.70 bits per heavy atom. The fourth-order valence-corrected chi connectivity index (χ4v) is 2.60. The monoisotopic (exact) mass is 370 g/mol. The van der Waals surface area contributed by atoms with Crippen LogP contribution in [0.5, 0.6) is 11.5 Å². The van der Waals surface area contributed by atoms with Gasteiger partial charge in [-0.3, -0.25) is 9.59 Å². The van der Waals surface area contributed by atoms with Crippen LogP contribution >= 0.6 is 0 Å². The average molecular weight is 370 g/mol. The molecule has 0 fully saturated rings. The summed E-state index contributed by atoms with van der Waals surface area (Å²) in [4.78, 5) is 25.6. The van der Waals surface area contributed by atoms with E-state index in [9.17, 15) is 9.59 Å². The van der Waals surface area contributed by atoms with E-state index >= 15 is 0 Å². The van der Waals surface area contributed by atoms with Crippen LogP contribution < -0.4 is 19.7 Å². The summed E-state index contributed by atoms with van der Waals surface area (Å²) < 4.78 is 10.8. The summed E-state index contributed by atoms with van der Waals surface area (Å²) >= 11 is 0. The molecule has 2 aromatic carbocycles. The second kappa shape index (κ2) is 9.62. The molecule has 2 rings (SSSR count). The summed E-state index contributed by atoms with van der Waals surface area (Å²) in [5, 5.41) is 2.77. The molecular weight excluding hydrogens is 344 g/mol. The van der Waals surface area contributed by atoms with Gasteiger partial charge in [-0.05, 0) is 43.7 Å². The first-order valence-corrected chi connectivity index (χ1v) is 8.79. The largest absolute Gasteiger partial charge is 0.495 e. The van der Waals surface area contributed by atoms with E-state index in [4.69, 9.17) is 9.47 Å². The standard InChI is InChI=1S/C21H26N2O4/c1-15-5-8-18(9-6-15)27-14-21(25)22-11-12-23(17(3)24)19-13-16(2)7-10-20(19)26-4/h5-10,13H,11-12,14H2,1-4H3,(H,22,25). The van der Waals surface area contributed by atoms with Gasteiger partial charge < -0.3 is 19.7 Å². The molecule has 0 saturated carbocycles. The maximum absolute atomic E-state index is 12.1. The van der Waals surface area contributed by atoms with Crippen molar-refractivity contribution in [3.8, 4) is 11.5 Å². The van der Waals surface area contributed by atoms with Crippen LogP contribution in [-0.4, -0.2) is 38.6 Å². The molecule has 0 heterocycles. The molecule has 0 bridgehead atoms. The minimum absolute atomic E-state index is 0.0725. The van der Waals surface area contributed by atoms with E-state index in [0.29, 0.717) is 30.3 Å². The number of hydrogen-bond acceptors (Lipinski definition) is 4. The zero-order chi connectivity index (χ0) is 19.8. The third-order valence-corrected chi connectivity index (χ3v) is 4.05.